The first kappa shape index (κ1) is 8.69. The van der Waals surface area contributed by atoms with Crippen molar-refractivity contribution in [2.45, 2.75) is 6.92 Å². The second-order valence-corrected chi connectivity index (χ2v) is 3.01. The first-order chi connectivity index (χ1) is 6.88. The number of nitrogens with one attached hydrogen (secondary N) is 1. The van der Waals surface area contributed by atoms with Gasteiger partial charge in [0, 0.05) is 24.8 Å². The highest BCUT2D eigenvalue weighted by Crippen LogP contribution is 2.08. The SMILES string of the molecule is Cc1ccncc[nH]c2cccnc12. The lowest BCUT2D eigenvalue weighted by Crippen LogP contribution is -1.79. The Balaban J connectivity index is 2.91. The second-order valence-electron chi connectivity index (χ2n) is 3.01. The van der Waals surface area contributed by atoms with Gasteiger partial charge in [0.2, 0.25) is 0 Å². The molecule has 70 valence electrons. The maximum absolute atomic E-state index is 4.32. The summed E-state index contributed by atoms with van der Waals surface area (Å²) in [6.07, 6.45) is 7.06. The molecule has 0 fully saturated rings. The Labute approximate surface area is 82.2 Å². The summed E-state index contributed by atoms with van der Waals surface area (Å²) < 4.78 is 0. The highest BCUT2D eigenvalue weighted by Gasteiger charge is 1.92. The van der Waals surface area contributed by atoms with Crippen molar-refractivity contribution in [3.05, 3.63) is 48.5 Å². The average molecular weight is 185 g/mol. The lowest BCUT2D eigenvalue weighted by Gasteiger charge is -1.94. The van der Waals surface area contributed by atoms with Gasteiger partial charge in [0.1, 0.15) is 0 Å². The van der Waals surface area contributed by atoms with Gasteiger partial charge in [0.05, 0.1) is 11.0 Å². The minimum absolute atomic E-state index is 0.963. The topological polar surface area (TPSA) is 41.6 Å². The van der Waals surface area contributed by atoms with Crippen LogP contribution in [0.4, 0.5) is 0 Å². The van der Waals surface area contributed by atoms with E-state index in [9.17, 15) is 0 Å². The van der Waals surface area contributed by atoms with Gasteiger partial charge in [-0.3, -0.25) is 9.97 Å². The zero-order valence-electron chi connectivity index (χ0n) is 7.94. The predicted octanol–water partition coefficient (Wildman–Crippen LogP) is 2.39. The van der Waals surface area contributed by atoms with Crippen molar-refractivity contribution in [1.29, 1.82) is 0 Å². The number of H-pyrrole nitrogens is 1. The number of aromatic nitrogens is 3. The molecular formula is C11H11N3. The molecule has 2 rings (SSSR count). The van der Waals surface area contributed by atoms with Gasteiger partial charge in [-0.05, 0) is 30.7 Å². The van der Waals surface area contributed by atoms with E-state index >= 15 is 0 Å². The molecule has 2 aromatic rings. The monoisotopic (exact) mass is 185 g/mol. The molecule has 0 aromatic carbocycles. The summed E-state index contributed by atoms with van der Waals surface area (Å²) in [6, 6.07) is 5.85. The number of nitrogens with zero attached hydrogens (tertiary/aromatic N) is 2. The van der Waals surface area contributed by atoms with Gasteiger partial charge in [-0.2, -0.15) is 0 Å². The molecule has 0 aliphatic rings. The molecule has 2 heterocycles. The fraction of sp³-hybridized carbons (Fsp3) is 0.0909. The number of pyridine rings is 1. The molecule has 2 aromatic heterocycles. The van der Waals surface area contributed by atoms with E-state index in [-0.39, 0.29) is 0 Å². The van der Waals surface area contributed by atoms with Crippen LogP contribution in [0.25, 0.3) is 11.0 Å². The number of aryl methyl sites for hydroxylation is 1. The fourth-order valence-corrected chi connectivity index (χ4v) is 1.29. The summed E-state index contributed by atoms with van der Waals surface area (Å²) >= 11 is 0. The molecule has 3 nitrogen and oxygen atoms in total. The molecule has 0 amide bonds. The van der Waals surface area contributed by atoms with Crippen LogP contribution in [-0.4, -0.2) is 15.0 Å². The number of rotatable bonds is 0. The smallest absolute Gasteiger partial charge is 0.0893 e. The van der Waals surface area contributed by atoms with Crippen molar-refractivity contribution in [3.8, 4) is 0 Å². The first-order valence-corrected chi connectivity index (χ1v) is 4.45. The molecule has 14 heavy (non-hydrogen) atoms. The van der Waals surface area contributed by atoms with E-state index in [0.29, 0.717) is 0 Å². The fourth-order valence-electron chi connectivity index (χ4n) is 1.29. The van der Waals surface area contributed by atoms with Crippen LogP contribution in [0.15, 0.2) is 43.0 Å². The molecule has 0 aliphatic carbocycles. The van der Waals surface area contributed by atoms with Gasteiger partial charge in [-0.15, -0.1) is 0 Å². The highest BCUT2D eigenvalue weighted by atomic mass is 14.7. The molecular weight excluding hydrogens is 174 g/mol. The molecule has 0 aliphatic heterocycles. The number of hydrogen-bond acceptors (Lipinski definition) is 2. The zero-order chi connectivity index (χ0) is 9.80. The van der Waals surface area contributed by atoms with Gasteiger partial charge in [0.25, 0.3) is 0 Å². The van der Waals surface area contributed by atoms with Gasteiger partial charge < -0.3 is 4.98 Å². The Hall–Kier alpha value is -1.90. The second kappa shape index (κ2) is 3.87. The first-order valence-electron chi connectivity index (χ1n) is 4.45. The van der Waals surface area contributed by atoms with Gasteiger partial charge >= 0.3 is 0 Å². The molecule has 0 atom stereocenters. The van der Waals surface area contributed by atoms with E-state index in [1.54, 1.807) is 24.8 Å². The molecule has 1 N–H and O–H groups in total. The van der Waals surface area contributed by atoms with E-state index in [4.69, 9.17) is 0 Å². The maximum atomic E-state index is 4.32. The molecule has 0 spiro atoms. The highest BCUT2D eigenvalue weighted by molar-refractivity contribution is 5.75. The van der Waals surface area contributed by atoms with E-state index in [1.165, 1.54) is 0 Å². The average Bonchev–Trinajstić information content (AvgIpc) is 2.30. The van der Waals surface area contributed by atoms with E-state index in [1.807, 2.05) is 25.1 Å². The van der Waals surface area contributed by atoms with E-state index < -0.39 is 0 Å². The van der Waals surface area contributed by atoms with Crippen LogP contribution in [0.1, 0.15) is 5.56 Å². The van der Waals surface area contributed by atoms with Gasteiger partial charge in [-0.25, -0.2) is 0 Å². The third-order valence-corrected chi connectivity index (χ3v) is 1.99. The number of hydrogen-bond donors (Lipinski definition) is 1. The van der Waals surface area contributed by atoms with Crippen LogP contribution < -0.4 is 0 Å². The lowest BCUT2D eigenvalue weighted by atomic mass is 10.2. The maximum Gasteiger partial charge on any atom is 0.0893 e. The van der Waals surface area contributed by atoms with Crippen molar-refractivity contribution in [2.75, 3.05) is 0 Å². The van der Waals surface area contributed by atoms with Gasteiger partial charge in [-0.1, -0.05) is 0 Å². The van der Waals surface area contributed by atoms with Crippen molar-refractivity contribution >= 4 is 11.0 Å². The predicted molar refractivity (Wildman–Crippen MR) is 56.3 cm³/mol. The molecule has 0 radical (unpaired) electrons. The van der Waals surface area contributed by atoms with Gasteiger partial charge in [0.15, 0.2) is 0 Å². The quantitative estimate of drug-likeness (QED) is 0.684. The number of fused-ring (bicyclic) bond motifs is 1. The Bertz CT molecular complexity index is 487. The summed E-state index contributed by atoms with van der Waals surface area (Å²) in [6.45, 7) is 2.02. The van der Waals surface area contributed by atoms with Crippen molar-refractivity contribution in [1.82, 2.24) is 15.0 Å². The lowest BCUT2D eigenvalue weighted by molar-refractivity contribution is 1.30. The van der Waals surface area contributed by atoms with Crippen molar-refractivity contribution in [3.63, 3.8) is 0 Å². The summed E-state index contributed by atoms with van der Waals surface area (Å²) in [4.78, 5) is 11.5. The van der Waals surface area contributed by atoms with Crippen LogP contribution >= 0.6 is 0 Å². The largest absolute Gasteiger partial charge is 0.358 e. The summed E-state index contributed by atoms with van der Waals surface area (Å²) in [7, 11) is 0. The third-order valence-electron chi connectivity index (χ3n) is 1.99. The van der Waals surface area contributed by atoms with Crippen LogP contribution in [-0.2, 0) is 0 Å². The Morgan fingerprint density at radius 3 is 3.00 bits per heavy atom. The minimum Gasteiger partial charge on any atom is -0.358 e. The van der Waals surface area contributed by atoms with Crippen molar-refractivity contribution < 1.29 is 0 Å². The van der Waals surface area contributed by atoms with Crippen LogP contribution in [0.5, 0.6) is 0 Å². The molecule has 0 saturated heterocycles. The molecule has 0 unspecified atom stereocenters. The summed E-state index contributed by atoms with van der Waals surface area (Å²) in [5.74, 6) is 0. The summed E-state index contributed by atoms with van der Waals surface area (Å²) in [5, 5.41) is 0. The Morgan fingerprint density at radius 2 is 2.07 bits per heavy atom. The molecule has 0 bridgehead atoms. The molecule has 0 saturated carbocycles. The van der Waals surface area contributed by atoms with Crippen molar-refractivity contribution in [2.24, 2.45) is 0 Å². The van der Waals surface area contributed by atoms with E-state index in [0.717, 1.165) is 16.6 Å². The standard InChI is InChI=1S/C11H11N3/c1-9-4-6-12-7-8-13-10-3-2-5-14-11(9)10/h2-8,13H,1H3. The Kier molecular flexibility index (Phi) is 2.40. The minimum atomic E-state index is 0.963. The zero-order valence-corrected chi connectivity index (χ0v) is 7.94. The third kappa shape index (κ3) is 1.71. The number of aromatic amines is 1. The van der Waals surface area contributed by atoms with E-state index in [2.05, 4.69) is 15.0 Å². The Morgan fingerprint density at radius 1 is 1.14 bits per heavy atom. The van der Waals surface area contributed by atoms with Crippen LogP contribution in [0, 0.1) is 6.92 Å². The van der Waals surface area contributed by atoms with Crippen LogP contribution in [0.2, 0.25) is 0 Å². The summed E-state index contributed by atoms with van der Waals surface area (Å²) in [5.41, 5.74) is 3.06. The van der Waals surface area contributed by atoms with Crippen LogP contribution in [0.3, 0.4) is 0 Å². The molecule has 3 heteroatoms. The normalized spacial score (nSPS) is 9.79.